The molecule has 0 bridgehead atoms. The first-order valence-electron chi connectivity index (χ1n) is 7.11. The first kappa shape index (κ1) is 13.7. The summed E-state index contributed by atoms with van der Waals surface area (Å²) in [4.78, 5) is 1.04. The van der Waals surface area contributed by atoms with Crippen molar-refractivity contribution in [2.45, 2.75) is 0 Å². The van der Waals surface area contributed by atoms with Crippen LogP contribution in [0.5, 0.6) is 0 Å². The molecule has 6 heteroatoms. The Morgan fingerprint density at radius 2 is 1.74 bits per heavy atom. The zero-order valence-electron chi connectivity index (χ0n) is 12.1. The van der Waals surface area contributed by atoms with E-state index in [2.05, 4.69) is 38.6 Å². The number of hydrogen-bond acceptors (Lipinski definition) is 5. The summed E-state index contributed by atoms with van der Waals surface area (Å²) in [5.41, 5.74) is 8.08. The quantitative estimate of drug-likeness (QED) is 0.503. The number of H-pyrrole nitrogens is 1. The molecule has 5 nitrogen and oxygen atoms in total. The molecule has 4 aromatic rings. The number of thiophene rings is 1. The van der Waals surface area contributed by atoms with Crippen molar-refractivity contribution in [2.24, 2.45) is 10.2 Å². The standard InChI is InChI=1S/C17H13N5S/c18-17-16(21-19-12-7-2-1-3-8-12)15(20-22-17)14-10-11-6-4-5-9-13(11)23-14/h1-10H,(H3,18,20,22). The van der Waals surface area contributed by atoms with E-state index >= 15 is 0 Å². The molecule has 0 spiro atoms. The van der Waals surface area contributed by atoms with Crippen LogP contribution in [0.4, 0.5) is 17.2 Å². The van der Waals surface area contributed by atoms with Crippen LogP contribution in [-0.4, -0.2) is 10.2 Å². The summed E-state index contributed by atoms with van der Waals surface area (Å²) in [5, 5.41) is 16.8. The number of azo groups is 1. The molecule has 0 aliphatic rings. The van der Waals surface area contributed by atoms with Crippen LogP contribution in [-0.2, 0) is 0 Å². The van der Waals surface area contributed by atoms with Gasteiger partial charge in [-0.3, -0.25) is 5.10 Å². The molecule has 0 atom stereocenters. The first-order chi connectivity index (χ1) is 11.3. The fraction of sp³-hybridized carbons (Fsp3) is 0. The Bertz CT molecular complexity index is 952. The minimum atomic E-state index is 0.345. The fourth-order valence-electron chi connectivity index (χ4n) is 2.33. The SMILES string of the molecule is Nc1n[nH]c(-c2cc3ccccc3s2)c1N=Nc1ccccc1. The van der Waals surface area contributed by atoms with Gasteiger partial charge in [-0.1, -0.05) is 36.4 Å². The van der Waals surface area contributed by atoms with E-state index in [0.29, 0.717) is 11.5 Å². The summed E-state index contributed by atoms with van der Waals surface area (Å²) in [7, 11) is 0. The number of nitrogens with two attached hydrogens (primary N) is 1. The van der Waals surface area contributed by atoms with Crippen LogP contribution in [0.25, 0.3) is 20.7 Å². The number of nitrogens with one attached hydrogen (secondary N) is 1. The lowest BCUT2D eigenvalue weighted by Gasteiger charge is -1.95. The highest BCUT2D eigenvalue weighted by atomic mass is 32.1. The molecule has 4 rings (SSSR count). The van der Waals surface area contributed by atoms with Crippen LogP contribution in [0.15, 0.2) is 70.9 Å². The van der Waals surface area contributed by atoms with Crippen molar-refractivity contribution in [3.05, 3.63) is 60.7 Å². The molecule has 0 aliphatic heterocycles. The number of benzene rings is 2. The van der Waals surface area contributed by atoms with Gasteiger partial charge in [-0.15, -0.1) is 16.5 Å². The third-order valence-corrected chi connectivity index (χ3v) is 4.59. The monoisotopic (exact) mass is 319 g/mol. The Labute approximate surface area is 136 Å². The van der Waals surface area contributed by atoms with Crippen LogP contribution in [0.3, 0.4) is 0 Å². The zero-order chi connectivity index (χ0) is 15.6. The van der Waals surface area contributed by atoms with Gasteiger partial charge in [0.05, 0.1) is 10.6 Å². The van der Waals surface area contributed by atoms with Crippen molar-refractivity contribution in [1.29, 1.82) is 0 Å². The van der Waals surface area contributed by atoms with Crippen LogP contribution < -0.4 is 5.73 Å². The summed E-state index contributed by atoms with van der Waals surface area (Å²) in [6.07, 6.45) is 0. The maximum atomic E-state index is 5.95. The maximum absolute atomic E-state index is 5.95. The van der Waals surface area contributed by atoms with Gasteiger partial charge in [0, 0.05) is 4.70 Å². The van der Waals surface area contributed by atoms with Crippen LogP contribution >= 0.6 is 11.3 Å². The van der Waals surface area contributed by atoms with Gasteiger partial charge in [-0.2, -0.15) is 10.2 Å². The number of rotatable bonds is 3. The Morgan fingerprint density at radius 1 is 0.957 bits per heavy atom. The Hall–Kier alpha value is -2.99. The van der Waals surface area contributed by atoms with Gasteiger partial charge < -0.3 is 5.73 Å². The van der Waals surface area contributed by atoms with E-state index in [1.54, 1.807) is 11.3 Å². The molecular weight excluding hydrogens is 306 g/mol. The number of hydrogen-bond donors (Lipinski definition) is 2. The normalized spacial score (nSPS) is 11.5. The molecule has 2 heterocycles. The predicted molar refractivity (Wildman–Crippen MR) is 94.4 cm³/mol. The van der Waals surface area contributed by atoms with E-state index in [4.69, 9.17) is 5.73 Å². The molecule has 2 aromatic heterocycles. The molecule has 112 valence electrons. The second-order valence-corrected chi connectivity index (χ2v) is 6.10. The van der Waals surface area contributed by atoms with E-state index in [1.165, 1.54) is 10.1 Å². The molecule has 3 N–H and O–H groups in total. The fourth-order valence-corrected chi connectivity index (χ4v) is 3.39. The minimum absolute atomic E-state index is 0.345. The lowest BCUT2D eigenvalue weighted by atomic mass is 10.2. The van der Waals surface area contributed by atoms with Gasteiger partial charge in [0.2, 0.25) is 0 Å². The van der Waals surface area contributed by atoms with Gasteiger partial charge in [-0.05, 0) is 29.7 Å². The minimum Gasteiger partial charge on any atom is -0.380 e. The van der Waals surface area contributed by atoms with Crippen molar-refractivity contribution in [2.75, 3.05) is 5.73 Å². The number of nitrogen functional groups attached to an aromatic ring is 1. The average molecular weight is 319 g/mol. The van der Waals surface area contributed by atoms with E-state index < -0.39 is 0 Å². The molecule has 2 aromatic carbocycles. The van der Waals surface area contributed by atoms with Crippen molar-refractivity contribution in [3.63, 3.8) is 0 Å². The highest BCUT2D eigenvalue weighted by Crippen LogP contribution is 2.39. The molecule has 0 aliphatic carbocycles. The third-order valence-electron chi connectivity index (χ3n) is 3.46. The van der Waals surface area contributed by atoms with E-state index in [0.717, 1.165) is 16.3 Å². The molecule has 0 radical (unpaired) electrons. The van der Waals surface area contributed by atoms with Gasteiger partial charge in [0.15, 0.2) is 11.5 Å². The lowest BCUT2D eigenvalue weighted by molar-refractivity contribution is 1.11. The Kier molecular flexibility index (Phi) is 3.36. The highest BCUT2D eigenvalue weighted by molar-refractivity contribution is 7.22. The zero-order valence-corrected chi connectivity index (χ0v) is 12.9. The number of nitrogens with zero attached hydrogens (tertiary/aromatic N) is 3. The van der Waals surface area contributed by atoms with E-state index in [1.807, 2.05) is 42.5 Å². The van der Waals surface area contributed by atoms with Crippen molar-refractivity contribution in [3.8, 4) is 10.6 Å². The smallest absolute Gasteiger partial charge is 0.173 e. The van der Waals surface area contributed by atoms with Crippen molar-refractivity contribution in [1.82, 2.24) is 10.2 Å². The number of anilines is 1. The first-order valence-corrected chi connectivity index (χ1v) is 7.92. The summed E-state index contributed by atoms with van der Waals surface area (Å²) in [6.45, 7) is 0. The van der Waals surface area contributed by atoms with Gasteiger partial charge >= 0.3 is 0 Å². The number of fused-ring (bicyclic) bond motifs is 1. The predicted octanol–water partition coefficient (Wildman–Crippen LogP) is 5.29. The van der Waals surface area contributed by atoms with Crippen molar-refractivity contribution < 1.29 is 0 Å². The molecule has 23 heavy (non-hydrogen) atoms. The van der Waals surface area contributed by atoms with Gasteiger partial charge in [0.1, 0.15) is 5.69 Å². The summed E-state index contributed by atoms with van der Waals surface area (Å²) < 4.78 is 1.21. The van der Waals surface area contributed by atoms with Crippen LogP contribution in [0.2, 0.25) is 0 Å². The molecule has 0 fully saturated rings. The molecule has 0 unspecified atom stereocenters. The second kappa shape index (κ2) is 5.66. The highest BCUT2D eigenvalue weighted by Gasteiger charge is 2.15. The molecule has 0 saturated heterocycles. The maximum Gasteiger partial charge on any atom is 0.173 e. The summed E-state index contributed by atoms with van der Waals surface area (Å²) >= 11 is 1.67. The largest absolute Gasteiger partial charge is 0.380 e. The molecule has 0 amide bonds. The summed E-state index contributed by atoms with van der Waals surface area (Å²) in [5.74, 6) is 0.345. The Morgan fingerprint density at radius 3 is 2.57 bits per heavy atom. The van der Waals surface area contributed by atoms with Gasteiger partial charge in [-0.25, -0.2) is 0 Å². The van der Waals surface area contributed by atoms with E-state index in [9.17, 15) is 0 Å². The molecular formula is C17H13N5S. The van der Waals surface area contributed by atoms with Crippen LogP contribution in [0, 0.1) is 0 Å². The lowest BCUT2D eigenvalue weighted by Crippen LogP contribution is -1.83. The van der Waals surface area contributed by atoms with E-state index in [-0.39, 0.29) is 0 Å². The average Bonchev–Trinajstić information content (AvgIpc) is 3.17. The second-order valence-electron chi connectivity index (χ2n) is 5.02. The molecule has 0 saturated carbocycles. The van der Waals surface area contributed by atoms with Crippen molar-refractivity contribution >= 4 is 38.6 Å². The van der Waals surface area contributed by atoms with Crippen LogP contribution in [0.1, 0.15) is 0 Å². The number of aromatic nitrogens is 2. The third kappa shape index (κ3) is 2.60. The topological polar surface area (TPSA) is 79.4 Å². The number of aromatic amines is 1. The summed E-state index contributed by atoms with van der Waals surface area (Å²) in [6, 6.07) is 19.9. The van der Waals surface area contributed by atoms with Gasteiger partial charge in [0.25, 0.3) is 0 Å². The Balaban J connectivity index is 1.77.